The minimum absolute atomic E-state index is 0.764. The van der Waals surface area contributed by atoms with E-state index in [1.54, 1.807) is 11.3 Å². The molecule has 0 bridgehead atoms. The van der Waals surface area contributed by atoms with E-state index in [-0.39, 0.29) is 0 Å². The standard InChI is InChI=1S/C10H11NS2/c1-2-7-3-6-4-9(12)8(11)5-10(6)13-7/h3-5,12H,2,11H2,1H3. The summed E-state index contributed by atoms with van der Waals surface area (Å²) in [5.74, 6) is 0. The average molecular weight is 209 g/mol. The number of aryl methyl sites for hydroxylation is 1. The molecule has 0 atom stereocenters. The molecule has 0 fully saturated rings. The summed E-state index contributed by atoms with van der Waals surface area (Å²) in [5.41, 5.74) is 6.53. The molecule has 1 aromatic heterocycles. The number of nitrogens with two attached hydrogens (primary N) is 1. The lowest BCUT2D eigenvalue weighted by molar-refractivity contribution is 1.19. The first kappa shape index (κ1) is 8.91. The van der Waals surface area contributed by atoms with Crippen molar-refractivity contribution in [2.75, 3.05) is 5.73 Å². The summed E-state index contributed by atoms with van der Waals surface area (Å²) in [6, 6.07) is 6.24. The molecule has 0 aliphatic rings. The van der Waals surface area contributed by atoms with Gasteiger partial charge in [-0.3, -0.25) is 0 Å². The highest BCUT2D eigenvalue weighted by molar-refractivity contribution is 7.80. The van der Waals surface area contributed by atoms with Crippen LogP contribution in [0.4, 0.5) is 5.69 Å². The van der Waals surface area contributed by atoms with Crippen LogP contribution in [-0.4, -0.2) is 0 Å². The summed E-state index contributed by atoms with van der Waals surface area (Å²) in [6.45, 7) is 2.16. The van der Waals surface area contributed by atoms with Gasteiger partial charge in [0.2, 0.25) is 0 Å². The first-order chi connectivity index (χ1) is 6.20. The SMILES string of the molecule is CCc1cc2cc(S)c(N)cc2s1. The maximum absolute atomic E-state index is 5.77. The van der Waals surface area contributed by atoms with E-state index in [9.17, 15) is 0 Å². The number of fused-ring (bicyclic) bond motifs is 1. The Morgan fingerprint density at radius 1 is 1.38 bits per heavy atom. The molecule has 0 radical (unpaired) electrons. The van der Waals surface area contributed by atoms with Crippen LogP contribution in [0.2, 0.25) is 0 Å². The van der Waals surface area contributed by atoms with Crippen molar-refractivity contribution < 1.29 is 0 Å². The van der Waals surface area contributed by atoms with Crippen LogP contribution in [0.5, 0.6) is 0 Å². The van der Waals surface area contributed by atoms with Gasteiger partial charge in [0.15, 0.2) is 0 Å². The van der Waals surface area contributed by atoms with Crippen LogP contribution in [0.15, 0.2) is 23.1 Å². The molecular formula is C10H11NS2. The predicted octanol–water partition coefficient (Wildman–Crippen LogP) is 3.33. The van der Waals surface area contributed by atoms with Crippen LogP contribution in [0.1, 0.15) is 11.8 Å². The zero-order valence-electron chi connectivity index (χ0n) is 7.37. The van der Waals surface area contributed by atoms with Crippen molar-refractivity contribution in [1.29, 1.82) is 0 Å². The summed E-state index contributed by atoms with van der Waals surface area (Å²) in [5, 5.41) is 1.25. The molecule has 0 aliphatic carbocycles. The van der Waals surface area contributed by atoms with Crippen LogP contribution < -0.4 is 5.73 Å². The van der Waals surface area contributed by atoms with Crippen LogP contribution in [0, 0.1) is 0 Å². The number of hydrogen-bond acceptors (Lipinski definition) is 3. The summed E-state index contributed by atoms with van der Waals surface area (Å²) in [6.07, 6.45) is 1.08. The van der Waals surface area contributed by atoms with E-state index in [1.807, 2.05) is 12.1 Å². The van der Waals surface area contributed by atoms with E-state index >= 15 is 0 Å². The van der Waals surface area contributed by atoms with E-state index in [2.05, 4.69) is 25.6 Å². The summed E-state index contributed by atoms with van der Waals surface area (Å²) >= 11 is 6.10. The molecule has 2 aromatic rings. The van der Waals surface area contributed by atoms with Gasteiger partial charge in [-0.05, 0) is 30.0 Å². The monoisotopic (exact) mass is 209 g/mol. The summed E-state index contributed by atoms with van der Waals surface area (Å²) < 4.78 is 1.26. The third-order valence-corrected chi connectivity index (χ3v) is 3.69. The number of nitrogen functional groups attached to an aromatic ring is 1. The number of anilines is 1. The van der Waals surface area contributed by atoms with Crippen LogP contribution in [-0.2, 0) is 6.42 Å². The highest BCUT2D eigenvalue weighted by Crippen LogP contribution is 2.31. The van der Waals surface area contributed by atoms with Gasteiger partial charge in [-0.1, -0.05) is 6.92 Å². The largest absolute Gasteiger partial charge is 0.398 e. The number of thiophene rings is 1. The van der Waals surface area contributed by atoms with Gasteiger partial charge in [-0.2, -0.15) is 0 Å². The highest BCUT2D eigenvalue weighted by Gasteiger charge is 2.02. The van der Waals surface area contributed by atoms with E-state index in [1.165, 1.54) is 15.0 Å². The summed E-state index contributed by atoms with van der Waals surface area (Å²) in [4.78, 5) is 2.27. The van der Waals surface area contributed by atoms with Crippen molar-refractivity contribution in [3.63, 3.8) is 0 Å². The smallest absolute Gasteiger partial charge is 0.0464 e. The molecule has 13 heavy (non-hydrogen) atoms. The molecule has 1 heterocycles. The lowest BCUT2D eigenvalue weighted by atomic mass is 10.2. The molecular weight excluding hydrogens is 198 g/mol. The van der Waals surface area contributed by atoms with Crippen molar-refractivity contribution in [2.24, 2.45) is 0 Å². The molecule has 0 saturated carbocycles. The van der Waals surface area contributed by atoms with Crippen LogP contribution in [0.3, 0.4) is 0 Å². The minimum Gasteiger partial charge on any atom is -0.398 e. The zero-order chi connectivity index (χ0) is 9.42. The Balaban J connectivity index is 2.70. The predicted molar refractivity (Wildman–Crippen MR) is 62.9 cm³/mol. The van der Waals surface area contributed by atoms with Gasteiger partial charge in [0.05, 0.1) is 0 Å². The zero-order valence-corrected chi connectivity index (χ0v) is 9.08. The Hall–Kier alpha value is -0.670. The molecule has 0 amide bonds. The molecule has 2 rings (SSSR count). The molecule has 0 spiro atoms. The van der Waals surface area contributed by atoms with E-state index in [0.717, 1.165) is 17.0 Å². The molecule has 1 aromatic carbocycles. The Labute approximate surface area is 87.0 Å². The molecule has 68 valence electrons. The molecule has 2 N–H and O–H groups in total. The van der Waals surface area contributed by atoms with Crippen LogP contribution >= 0.6 is 24.0 Å². The Kier molecular flexibility index (Phi) is 2.22. The second-order valence-electron chi connectivity index (χ2n) is 3.02. The fourth-order valence-corrected chi connectivity index (χ4v) is 2.56. The Bertz CT molecular complexity index is 406. The number of thiol groups is 1. The molecule has 3 heteroatoms. The first-order valence-electron chi connectivity index (χ1n) is 4.21. The second kappa shape index (κ2) is 3.24. The maximum Gasteiger partial charge on any atom is 0.0464 e. The van der Waals surface area contributed by atoms with Gasteiger partial charge >= 0.3 is 0 Å². The highest BCUT2D eigenvalue weighted by atomic mass is 32.1. The first-order valence-corrected chi connectivity index (χ1v) is 5.48. The maximum atomic E-state index is 5.77. The topological polar surface area (TPSA) is 26.0 Å². The third kappa shape index (κ3) is 1.54. The van der Waals surface area contributed by atoms with E-state index in [0.29, 0.717) is 0 Å². The van der Waals surface area contributed by atoms with Gasteiger partial charge in [0, 0.05) is 20.2 Å². The number of benzene rings is 1. The molecule has 0 saturated heterocycles. The summed E-state index contributed by atoms with van der Waals surface area (Å²) in [7, 11) is 0. The van der Waals surface area contributed by atoms with Crippen molar-refractivity contribution in [2.45, 2.75) is 18.2 Å². The molecule has 0 aliphatic heterocycles. The Morgan fingerprint density at radius 2 is 2.15 bits per heavy atom. The van der Waals surface area contributed by atoms with Crippen molar-refractivity contribution in [3.8, 4) is 0 Å². The fourth-order valence-electron chi connectivity index (χ4n) is 1.32. The van der Waals surface area contributed by atoms with Gasteiger partial charge in [-0.25, -0.2) is 0 Å². The van der Waals surface area contributed by atoms with Gasteiger partial charge < -0.3 is 5.73 Å². The quantitative estimate of drug-likeness (QED) is 0.547. The molecule has 0 unspecified atom stereocenters. The minimum atomic E-state index is 0.764. The van der Waals surface area contributed by atoms with Crippen molar-refractivity contribution in [1.82, 2.24) is 0 Å². The lowest BCUT2D eigenvalue weighted by Gasteiger charge is -1.97. The van der Waals surface area contributed by atoms with Crippen molar-refractivity contribution >= 4 is 39.7 Å². The van der Waals surface area contributed by atoms with Crippen LogP contribution in [0.25, 0.3) is 10.1 Å². The lowest BCUT2D eigenvalue weighted by Crippen LogP contribution is -1.84. The second-order valence-corrected chi connectivity index (χ2v) is 4.67. The normalized spacial score (nSPS) is 10.9. The van der Waals surface area contributed by atoms with Gasteiger partial charge in [0.25, 0.3) is 0 Å². The average Bonchev–Trinajstić information content (AvgIpc) is 2.48. The Morgan fingerprint density at radius 3 is 2.85 bits per heavy atom. The van der Waals surface area contributed by atoms with Gasteiger partial charge in [0.1, 0.15) is 0 Å². The van der Waals surface area contributed by atoms with Crippen molar-refractivity contribution in [3.05, 3.63) is 23.1 Å². The number of hydrogen-bond donors (Lipinski definition) is 2. The van der Waals surface area contributed by atoms with E-state index in [4.69, 9.17) is 5.73 Å². The fraction of sp³-hybridized carbons (Fsp3) is 0.200. The van der Waals surface area contributed by atoms with E-state index < -0.39 is 0 Å². The third-order valence-electron chi connectivity index (χ3n) is 2.07. The van der Waals surface area contributed by atoms with Gasteiger partial charge in [-0.15, -0.1) is 24.0 Å². The molecule has 1 nitrogen and oxygen atoms in total. The number of rotatable bonds is 1.